The molecule has 1 aliphatic rings. The first-order valence-corrected chi connectivity index (χ1v) is 8.41. The van der Waals surface area contributed by atoms with Crippen LogP contribution in [0.25, 0.3) is 0 Å². The van der Waals surface area contributed by atoms with Gasteiger partial charge in [-0.2, -0.15) is 0 Å². The molecule has 0 bridgehead atoms. The molecule has 0 saturated carbocycles. The van der Waals surface area contributed by atoms with Crippen LogP contribution in [0.5, 0.6) is 0 Å². The smallest absolute Gasteiger partial charge is 0.217 e. The van der Waals surface area contributed by atoms with Gasteiger partial charge in [-0.1, -0.05) is 6.07 Å². The Bertz CT molecular complexity index is 746. The average molecular weight is 345 g/mol. The predicted octanol–water partition coefficient (Wildman–Crippen LogP) is 3.33. The lowest BCUT2D eigenvalue weighted by Gasteiger charge is -2.25. The molecule has 25 heavy (non-hydrogen) atoms. The Balaban J connectivity index is 1.77. The van der Waals surface area contributed by atoms with Crippen molar-refractivity contribution in [1.29, 1.82) is 0 Å². The van der Waals surface area contributed by atoms with E-state index in [2.05, 4.69) is 15.2 Å². The van der Waals surface area contributed by atoms with Gasteiger partial charge in [-0.3, -0.25) is 14.7 Å². The van der Waals surface area contributed by atoms with Crippen LogP contribution in [0.15, 0.2) is 36.5 Å². The Morgan fingerprint density at radius 1 is 1.32 bits per heavy atom. The second-order valence-corrected chi connectivity index (χ2v) is 6.32. The van der Waals surface area contributed by atoms with Crippen molar-refractivity contribution in [2.24, 2.45) is 0 Å². The number of carbonyl (C=O) groups excluding carboxylic acids is 1. The van der Waals surface area contributed by atoms with Crippen molar-refractivity contribution in [2.75, 3.05) is 6.54 Å². The summed E-state index contributed by atoms with van der Waals surface area (Å²) in [5.74, 6) is -1.12. The van der Waals surface area contributed by atoms with Crippen molar-refractivity contribution in [3.05, 3.63) is 65.0 Å². The number of rotatable bonds is 5. The molecule has 2 aromatic rings. The van der Waals surface area contributed by atoms with E-state index in [0.29, 0.717) is 6.54 Å². The number of benzene rings is 1. The number of hydrogen-bond acceptors (Lipinski definition) is 3. The number of carbonyl (C=O) groups is 1. The van der Waals surface area contributed by atoms with Crippen molar-refractivity contribution in [1.82, 2.24) is 15.2 Å². The van der Waals surface area contributed by atoms with Crippen LogP contribution >= 0.6 is 0 Å². The first kappa shape index (κ1) is 17.5. The molecule has 1 aromatic carbocycles. The molecule has 1 saturated heterocycles. The molecule has 1 amide bonds. The molecule has 1 fully saturated rings. The maximum absolute atomic E-state index is 14.0. The predicted molar refractivity (Wildman–Crippen MR) is 90.5 cm³/mol. The molecular weight excluding hydrogens is 324 g/mol. The van der Waals surface area contributed by atoms with Crippen LogP contribution in [-0.2, 0) is 17.9 Å². The third-order valence-corrected chi connectivity index (χ3v) is 4.53. The van der Waals surface area contributed by atoms with Crippen LogP contribution in [0.3, 0.4) is 0 Å². The topological polar surface area (TPSA) is 45.2 Å². The van der Waals surface area contributed by atoms with Gasteiger partial charge in [-0.25, -0.2) is 8.78 Å². The van der Waals surface area contributed by atoms with Gasteiger partial charge in [-0.05, 0) is 49.2 Å². The summed E-state index contributed by atoms with van der Waals surface area (Å²) in [5.41, 5.74) is 1.95. The zero-order valence-electron chi connectivity index (χ0n) is 14.1. The van der Waals surface area contributed by atoms with E-state index in [4.69, 9.17) is 0 Å². The molecule has 0 spiro atoms. The van der Waals surface area contributed by atoms with Crippen LogP contribution in [0, 0.1) is 11.6 Å². The quantitative estimate of drug-likeness (QED) is 0.904. The summed E-state index contributed by atoms with van der Waals surface area (Å²) in [7, 11) is 0. The highest BCUT2D eigenvalue weighted by Gasteiger charge is 2.27. The van der Waals surface area contributed by atoms with E-state index >= 15 is 0 Å². The highest BCUT2D eigenvalue weighted by atomic mass is 19.1. The van der Waals surface area contributed by atoms with E-state index in [0.717, 1.165) is 30.6 Å². The molecule has 132 valence electrons. The van der Waals surface area contributed by atoms with Gasteiger partial charge in [0.05, 0.1) is 12.2 Å². The first-order valence-electron chi connectivity index (χ1n) is 8.41. The van der Waals surface area contributed by atoms with Gasteiger partial charge in [0.2, 0.25) is 5.91 Å². The van der Waals surface area contributed by atoms with E-state index < -0.39 is 11.6 Å². The molecule has 2 heterocycles. The van der Waals surface area contributed by atoms with E-state index in [1.807, 2.05) is 12.1 Å². The number of nitrogens with one attached hydrogen (secondary N) is 1. The van der Waals surface area contributed by atoms with Gasteiger partial charge < -0.3 is 5.32 Å². The second-order valence-electron chi connectivity index (χ2n) is 6.32. The van der Waals surface area contributed by atoms with Crippen LogP contribution in [0.4, 0.5) is 8.78 Å². The molecular formula is C19H21F2N3O. The van der Waals surface area contributed by atoms with Crippen LogP contribution in [0.1, 0.15) is 42.6 Å². The van der Waals surface area contributed by atoms with Crippen LogP contribution in [0.2, 0.25) is 0 Å². The molecule has 1 atom stereocenters. The lowest BCUT2D eigenvalue weighted by molar-refractivity contribution is -0.119. The molecule has 1 unspecified atom stereocenters. The fraction of sp³-hybridized carbons (Fsp3) is 0.368. The van der Waals surface area contributed by atoms with Gasteiger partial charge in [0, 0.05) is 31.3 Å². The fourth-order valence-electron chi connectivity index (χ4n) is 3.30. The summed E-state index contributed by atoms with van der Waals surface area (Å²) in [6.07, 6.45) is 3.62. The molecule has 3 rings (SSSR count). The van der Waals surface area contributed by atoms with E-state index in [1.54, 1.807) is 6.20 Å². The van der Waals surface area contributed by atoms with E-state index in [-0.39, 0.29) is 24.1 Å². The minimum atomic E-state index is -0.508. The lowest BCUT2D eigenvalue weighted by atomic mass is 10.0. The van der Waals surface area contributed by atoms with Crippen LogP contribution in [-0.4, -0.2) is 22.3 Å². The maximum atomic E-state index is 14.0. The lowest BCUT2D eigenvalue weighted by Crippen LogP contribution is -2.24. The van der Waals surface area contributed by atoms with Crippen molar-refractivity contribution >= 4 is 5.91 Å². The van der Waals surface area contributed by atoms with Gasteiger partial charge >= 0.3 is 0 Å². The SMILES string of the molecule is CC(=O)NCc1cc(C2CCCN2Cc2c(F)cccc2F)ccn1. The Morgan fingerprint density at radius 3 is 2.80 bits per heavy atom. The molecule has 1 aromatic heterocycles. The largest absolute Gasteiger partial charge is 0.351 e. The number of aromatic nitrogens is 1. The first-order chi connectivity index (χ1) is 12.0. The van der Waals surface area contributed by atoms with Gasteiger partial charge in [0.15, 0.2) is 0 Å². The average Bonchev–Trinajstić information content (AvgIpc) is 3.05. The zero-order chi connectivity index (χ0) is 17.8. The minimum absolute atomic E-state index is 0.0954. The van der Waals surface area contributed by atoms with Crippen molar-refractivity contribution in [2.45, 2.75) is 38.9 Å². The summed E-state index contributed by atoms with van der Waals surface area (Å²) < 4.78 is 27.9. The second kappa shape index (κ2) is 7.70. The minimum Gasteiger partial charge on any atom is -0.351 e. The number of halogens is 2. The summed E-state index contributed by atoms with van der Waals surface area (Å²) in [6.45, 7) is 2.87. The summed E-state index contributed by atoms with van der Waals surface area (Å²) in [4.78, 5) is 17.4. The highest BCUT2D eigenvalue weighted by Crippen LogP contribution is 2.34. The van der Waals surface area contributed by atoms with E-state index in [9.17, 15) is 13.6 Å². The van der Waals surface area contributed by atoms with Gasteiger partial charge in [0.25, 0.3) is 0 Å². The molecule has 1 aliphatic heterocycles. The number of likely N-dealkylation sites (tertiary alicyclic amines) is 1. The summed E-state index contributed by atoms with van der Waals surface area (Å²) in [5, 5.41) is 2.73. The number of hydrogen-bond donors (Lipinski definition) is 1. The normalized spacial score (nSPS) is 17.6. The number of nitrogens with zero attached hydrogens (tertiary/aromatic N) is 2. The molecule has 1 N–H and O–H groups in total. The highest BCUT2D eigenvalue weighted by molar-refractivity contribution is 5.72. The Kier molecular flexibility index (Phi) is 5.38. The summed E-state index contributed by atoms with van der Waals surface area (Å²) >= 11 is 0. The number of amides is 1. The molecule has 4 nitrogen and oxygen atoms in total. The molecule has 0 aliphatic carbocycles. The number of pyridine rings is 1. The Morgan fingerprint density at radius 2 is 2.08 bits per heavy atom. The van der Waals surface area contributed by atoms with Crippen LogP contribution < -0.4 is 5.32 Å². The van der Waals surface area contributed by atoms with E-state index in [1.165, 1.54) is 25.1 Å². The van der Waals surface area contributed by atoms with Crippen molar-refractivity contribution < 1.29 is 13.6 Å². The van der Waals surface area contributed by atoms with Crippen molar-refractivity contribution in [3.63, 3.8) is 0 Å². The zero-order valence-corrected chi connectivity index (χ0v) is 14.1. The van der Waals surface area contributed by atoms with Gasteiger partial charge in [-0.15, -0.1) is 0 Å². The standard InChI is InChI=1S/C19H21F2N3O/c1-13(25)23-11-15-10-14(7-8-22-15)19-6-3-9-24(19)12-16-17(20)4-2-5-18(16)21/h2,4-5,7-8,10,19H,3,6,9,11-12H2,1H3,(H,23,25). The fourth-order valence-corrected chi connectivity index (χ4v) is 3.30. The molecule has 0 radical (unpaired) electrons. The third-order valence-electron chi connectivity index (χ3n) is 4.53. The third kappa shape index (κ3) is 4.20. The van der Waals surface area contributed by atoms with Crippen molar-refractivity contribution in [3.8, 4) is 0 Å². The Labute approximate surface area is 145 Å². The summed E-state index contributed by atoms with van der Waals surface area (Å²) in [6, 6.07) is 7.95. The maximum Gasteiger partial charge on any atom is 0.217 e. The Hall–Kier alpha value is -2.34. The van der Waals surface area contributed by atoms with Gasteiger partial charge in [0.1, 0.15) is 11.6 Å². The molecule has 6 heteroatoms. The monoisotopic (exact) mass is 345 g/mol.